The molecule has 1 unspecified atom stereocenters. The van der Waals surface area contributed by atoms with Gasteiger partial charge in [-0.05, 0) is 6.07 Å². The van der Waals surface area contributed by atoms with Gasteiger partial charge < -0.3 is 19.5 Å². The largest absolute Gasteiger partial charge is 0.469 e. The second-order valence-electron chi connectivity index (χ2n) is 4.97. The summed E-state index contributed by atoms with van der Waals surface area (Å²) in [5, 5.41) is 3.87. The van der Waals surface area contributed by atoms with Crippen molar-refractivity contribution in [3.8, 4) is 0 Å². The number of nitrogens with zero attached hydrogens (tertiary/aromatic N) is 3. The van der Waals surface area contributed by atoms with E-state index in [1.807, 2.05) is 42.7 Å². The van der Waals surface area contributed by atoms with Crippen LogP contribution in [0, 0.1) is 5.92 Å². The molecule has 0 aliphatic heterocycles. The molecule has 0 radical (unpaired) electrons. The van der Waals surface area contributed by atoms with Gasteiger partial charge in [0.2, 0.25) is 0 Å². The molecule has 1 rings (SSSR count). The van der Waals surface area contributed by atoms with Crippen molar-refractivity contribution in [2.45, 2.75) is 13.5 Å². The number of ether oxygens (including phenoxy) is 1. The number of hydrogen-bond acceptors (Lipinski definition) is 3. The van der Waals surface area contributed by atoms with Gasteiger partial charge in [-0.25, -0.2) is 0 Å². The van der Waals surface area contributed by atoms with Crippen molar-refractivity contribution in [2.24, 2.45) is 18.0 Å². The summed E-state index contributed by atoms with van der Waals surface area (Å²) in [5.41, 5.74) is 1.08. The van der Waals surface area contributed by atoms with Gasteiger partial charge >= 0.3 is 5.97 Å². The van der Waals surface area contributed by atoms with Gasteiger partial charge in [-0.15, -0.1) is 24.0 Å². The van der Waals surface area contributed by atoms with Crippen molar-refractivity contribution in [3.05, 3.63) is 23.0 Å². The van der Waals surface area contributed by atoms with Gasteiger partial charge in [-0.1, -0.05) is 18.5 Å². The Morgan fingerprint density at radius 3 is 2.68 bits per heavy atom. The van der Waals surface area contributed by atoms with Crippen LogP contribution in [0.1, 0.15) is 12.6 Å². The average Bonchev–Trinajstić information content (AvgIpc) is 2.76. The van der Waals surface area contributed by atoms with Gasteiger partial charge in [0.05, 0.1) is 24.6 Å². The Labute approximate surface area is 153 Å². The van der Waals surface area contributed by atoms with E-state index in [0.29, 0.717) is 24.1 Å². The fraction of sp³-hybridized carbons (Fsp3) is 0.571. The lowest BCUT2D eigenvalue weighted by Gasteiger charge is -2.23. The van der Waals surface area contributed by atoms with Gasteiger partial charge in [0.15, 0.2) is 5.96 Å². The summed E-state index contributed by atoms with van der Waals surface area (Å²) in [4.78, 5) is 17.6. The number of aromatic nitrogens is 1. The van der Waals surface area contributed by atoms with Crippen LogP contribution in [0.3, 0.4) is 0 Å². The predicted molar refractivity (Wildman–Crippen MR) is 99.8 cm³/mol. The molecule has 0 fully saturated rings. The third-order valence-corrected chi connectivity index (χ3v) is 3.42. The van der Waals surface area contributed by atoms with Crippen molar-refractivity contribution in [1.29, 1.82) is 0 Å². The molecule has 0 aliphatic rings. The molecule has 0 amide bonds. The topological polar surface area (TPSA) is 58.9 Å². The molecule has 8 heteroatoms. The van der Waals surface area contributed by atoms with Crippen LogP contribution in [0.25, 0.3) is 0 Å². The molecule has 0 aliphatic carbocycles. The maximum atomic E-state index is 11.4. The fourth-order valence-electron chi connectivity index (χ4n) is 1.95. The van der Waals surface area contributed by atoms with E-state index in [-0.39, 0.29) is 35.9 Å². The maximum absolute atomic E-state index is 11.4. The van der Waals surface area contributed by atoms with Crippen molar-refractivity contribution in [3.63, 3.8) is 0 Å². The Morgan fingerprint density at radius 1 is 1.59 bits per heavy atom. The molecule has 1 heterocycles. The Morgan fingerprint density at radius 2 is 2.23 bits per heavy atom. The molecule has 1 N–H and O–H groups in total. The quantitative estimate of drug-likeness (QED) is 0.328. The maximum Gasteiger partial charge on any atom is 0.310 e. The normalized spacial score (nSPS) is 12.4. The van der Waals surface area contributed by atoms with E-state index in [2.05, 4.69) is 10.3 Å². The summed E-state index contributed by atoms with van der Waals surface area (Å²) < 4.78 is 6.68. The molecular weight excluding hydrogens is 419 g/mol. The van der Waals surface area contributed by atoms with E-state index in [4.69, 9.17) is 16.3 Å². The number of guanidine groups is 1. The number of hydrogen-bond donors (Lipinski definition) is 1. The van der Waals surface area contributed by atoms with E-state index in [0.717, 1.165) is 5.69 Å². The number of aryl methyl sites for hydroxylation is 1. The van der Waals surface area contributed by atoms with E-state index in [1.165, 1.54) is 7.11 Å². The Bertz CT molecular complexity index is 519. The Balaban J connectivity index is 0.00000441. The number of methoxy groups -OCH3 is 1. The first kappa shape index (κ1) is 21.0. The first-order valence-corrected chi connectivity index (χ1v) is 7.07. The lowest BCUT2D eigenvalue weighted by molar-refractivity contribution is -0.144. The average molecular weight is 443 g/mol. The molecule has 0 saturated carbocycles. The smallest absolute Gasteiger partial charge is 0.310 e. The molecule has 0 saturated heterocycles. The van der Waals surface area contributed by atoms with E-state index in [1.54, 1.807) is 7.05 Å². The number of carbonyl (C=O) groups is 1. The van der Waals surface area contributed by atoms with Crippen molar-refractivity contribution >= 4 is 47.5 Å². The van der Waals surface area contributed by atoms with Crippen LogP contribution >= 0.6 is 35.6 Å². The highest BCUT2D eigenvalue weighted by Crippen LogP contribution is 2.14. The SMILES string of the molecule is CN=C(NCC(C)C(=O)OC)N(C)Cc1cc(Cl)cn1C.I. The van der Waals surface area contributed by atoms with Crippen molar-refractivity contribution < 1.29 is 9.53 Å². The van der Waals surface area contributed by atoms with Crippen LogP contribution in [-0.2, 0) is 23.1 Å². The van der Waals surface area contributed by atoms with Crippen LogP contribution in [-0.4, -0.2) is 49.1 Å². The van der Waals surface area contributed by atoms with Crippen LogP contribution in [0.15, 0.2) is 17.3 Å². The van der Waals surface area contributed by atoms with Gasteiger partial charge in [-0.2, -0.15) is 0 Å². The zero-order valence-corrected chi connectivity index (χ0v) is 16.7. The fourth-order valence-corrected chi connectivity index (χ4v) is 2.23. The third kappa shape index (κ3) is 6.04. The number of nitrogens with one attached hydrogen (secondary N) is 1. The monoisotopic (exact) mass is 442 g/mol. The van der Waals surface area contributed by atoms with Crippen LogP contribution < -0.4 is 5.32 Å². The Kier molecular flexibility index (Phi) is 9.50. The number of esters is 1. The van der Waals surface area contributed by atoms with Gasteiger partial charge in [0, 0.05) is 39.6 Å². The predicted octanol–water partition coefficient (Wildman–Crippen LogP) is 2.11. The zero-order chi connectivity index (χ0) is 16.0. The lowest BCUT2D eigenvalue weighted by Crippen LogP contribution is -2.41. The molecule has 22 heavy (non-hydrogen) atoms. The number of carbonyl (C=O) groups excluding carboxylic acids is 1. The lowest BCUT2D eigenvalue weighted by atomic mass is 10.2. The molecule has 0 bridgehead atoms. The second-order valence-corrected chi connectivity index (χ2v) is 5.41. The highest BCUT2D eigenvalue weighted by Gasteiger charge is 2.15. The molecule has 0 aromatic carbocycles. The molecular formula is C14H24ClIN4O2. The summed E-state index contributed by atoms with van der Waals surface area (Å²) >= 11 is 5.98. The number of halogens is 2. The minimum absolute atomic E-state index is 0. The van der Waals surface area contributed by atoms with Gasteiger partial charge in [0.25, 0.3) is 0 Å². The molecule has 0 spiro atoms. The van der Waals surface area contributed by atoms with E-state index in [9.17, 15) is 4.79 Å². The molecule has 1 aromatic heterocycles. The summed E-state index contributed by atoms with van der Waals surface area (Å²) in [6, 6.07) is 1.92. The van der Waals surface area contributed by atoms with Crippen molar-refractivity contribution in [1.82, 2.24) is 14.8 Å². The minimum atomic E-state index is -0.241. The Hall–Kier alpha value is -0.960. The molecule has 1 atom stereocenters. The molecule has 126 valence electrons. The number of aliphatic imine (C=N–C) groups is 1. The second kappa shape index (κ2) is 9.94. The molecule has 1 aromatic rings. The molecule has 6 nitrogen and oxygen atoms in total. The van der Waals surface area contributed by atoms with E-state index >= 15 is 0 Å². The highest BCUT2D eigenvalue weighted by atomic mass is 127. The van der Waals surface area contributed by atoms with E-state index < -0.39 is 0 Å². The first-order valence-electron chi connectivity index (χ1n) is 6.69. The summed E-state index contributed by atoms with van der Waals surface area (Å²) in [5.74, 6) is 0.238. The summed E-state index contributed by atoms with van der Waals surface area (Å²) in [6.45, 7) is 2.94. The first-order chi connectivity index (χ1) is 9.88. The van der Waals surface area contributed by atoms with Crippen LogP contribution in [0.2, 0.25) is 5.02 Å². The van der Waals surface area contributed by atoms with Crippen molar-refractivity contribution in [2.75, 3.05) is 27.7 Å². The highest BCUT2D eigenvalue weighted by molar-refractivity contribution is 14.0. The zero-order valence-electron chi connectivity index (χ0n) is 13.6. The van der Waals surface area contributed by atoms with Crippen LogP contribution in [0.5, 0.6) is 0 Å². The summed E-state index contributed by atoms with van der Waals surface area (Å²) in [7, 11) is 6.97. The number of rotatable bonds is 5. The van der Waals surface area contributed by atoms with Crippen LogP contribution in [0.4, 0.5) is 0 Å². The van der Waals surface area contributed by atoms with Gasteiger partial charge in [0.1, 0.15) is 0 Å². The third-order valence-electron chi connectivity index (χ3n) is 3.22. The minimum Gasteiger partial charge on any atom is -0.469 e. The summed E-state index contributed by atoms with van der Waals surface area (Å²) in [6.07, 6.45) is 1.86. The van der Waals surface area contributed by atoms with Gasteiger partial charge in [-0.3, -0.25) is 9.79 Å². The standard InChI is InChI=1S/C14H23ClN4O2.HI/c1-10(13(20)21-5)7-17-14(16-2)19(4)9-12-6-11(15)8-18(12)3;/h6,8,10H,7,9H2,1-5H3,(H,16,17);1H.